The first-order chi connectivity index (χ1) is 9.59. The molecule has 1 unspecified atom stereocenters. The van der Waals surface area contributed by atoms with Crippen molar-refractivity contribution in [1.29, 1.82) is 0 Å². The molecule has 0 aromatic carbocycles. The molecular weight excluding hydrogens is 266 g/mol. The third-order valence-corrected chi connectivity index (χ3v) is 3.93. The van der Waals surface area contributed by atoms with Crippen molar-refractivity contribution in [2.24, 2.45) is 5.92 Å². The van der Waals surface area contributed by atoms with Gasteiger partial charge in [-0.1, -0.05) is 58.1 Å². The van der Waals surface area contributed by atoms with Crippen LogP contribution in [0.15, 0.2) is 6.20 Å². The summed E-state index contributed by atoms with van der Waals surface area (Å²) in [5.41, 5.74) is 1.26. The molecule has 0 bridgehead atoms. The molecule has 0 saturated carbocycles. The average molecular weight is 298 g/mol. The number of hydrogen-bond donors (Lipinski definition) is 1. The van der Waals surface area contributed by atoms with Gasteiger partial charge in [-0.15, -0.1) is 5.10 Å². The summed E-state index contributed by atoms with van der Waals surface area (Å²) in [6.07, 6.45) is 12.0. The van der Waals surface area contributed by atoms with E-state index < -0.39 is 0 Å². The first kappa shape index (κ1) is 17.5. The number of rotatable bonds is 11. The van der Waals surface area contributed by atoms with Crippen molar-refractivity contribution < 1.29 is 0 Å². The standard InChI is InChI=1S/C16H31N3S/c1-14(2)9-7-5-4-6-8-12-19-16(13-17-18-19)11-10-15(3)20/h13-15,20H,4-12H2,1-3H3. The number of hydrogen-bond acceptors (Lipinski definition) is 3. The Labute approximate surface area is 129 Å². The molecule has 1 aromatic heterocycles. The van der Waals surface area contributed by atoms with E-state index in [-0.39, 0.29) is 0 Å². The number of unbranched alkanes of at least 4 members (excludes halogenated alkanes) is 4. The van der Waals surface area contributed by atoms with Crippen molar-refractivity contribution >= 4 is 12.6 Å². The number of aromatic nitrogens is 3. The van der Waals surface area contributed by atoms with Crippen LogP contribution >= 0.6 is 12.6 Å². The quantitative estimate of drug-likeness (QED) is 0.480. The molecular formula is C16H31N3S. The summed E-state index contributed by atoms with van der Waals surface area (Å²) < 4.78 is 2.07. The van der Waals surface area contributed by atoms with Gasteiger partial charge in [0.05, 0.1) is 11.9 Å². The average Bonchev–Trinajstić information content (AvgIpc) is 2.82. The summed E-state index contributed by atoms with van der Waals surface area (Å²) in [4.78, 5) is 0. The summed E-state index contributed by atoms with van der Waals surface area (Å²) in [6, 6.07) is 0. The van der Waals surface area contributed by atoms with E-state index in [1.54, 1.807) is 0 Å². The highest BCUT2D eigenvalue weighted by Gasteiger charge is 2.05. The molecule has 0 aliphatic rings. The van der Waals surface area contributed by atoms with E-state index in [1.807, 2.05) is 6.20 Å². The Kier molecular flexibility index (Phi) is 8.99. The number of nitrogens with zero attached hydrogens (tertiary/aromatic N) is 3. The maximum Gasteiger partial charge on any atom is 0.0725 e. The van der Waals surface area contributed by atoms with E-state index in [2.05, 4.69) is 48.4 Å². The predicted octanol–water partition coefficient (Wildman–Crippen LogP) is 4.53. The van der Waals surface area contributed by atoms with Crippen LogP contribution in [-0.2, 0) is 13.0 Å². The monoisotopic (exact) mass is 297 g/mol. The highest BCUT2D eigenvalue weighted by molar-refractivity contribution is 7.80. The van der Waals surface area contributed by atoms with Crippen molar-refractivity contribution in [3.05, 3.63) is 11.9 Å². The van der Waals surface area contributed by atoms with Gasteiger partial charge in [0.15, 0.2) is 0 Å². The summed E-state index contributed by atoms with van der Waals surface area (Å²) in [5.74, 6) is 0.849. The minimum absolute atomic E-state index is 0.444. The molecule has 1 rings (SSSR count). The second-order valence-corrected chi connectivity index (χ2v) is 7.17. The summed E-state index contributed by atoms with van der Waals surface area (Å²) in [7, 11) is 0. The maximum absolute atomic E-state index is 4.43. The Hall–Kier alpha value is -0.510. The van der Waals surface area contributed by atoms with Gasteiger partial charge in [0.1, 0.15) is 0 Å². The van der Waals surface area contributed by atoms with Crippen LogP contribution in [0.2, 0.25) is 0 Å². The molecule has 0 saturated heterocycles. The van der Waals surface area contributed by atoms with Crippen LogP contribution < -0.4 is 0 Å². The van der Waals surface area contributed by atoms with E-state index in [1.165, 1.54) is 44.2 Å². The van der Waals surface area contributed by atoms with Gasteiger partial charge in [-0.05, 0) is 30.4 Å². The van der Waals surface area contributed by atoms with Gasteiger partial charge < -0.3 is 0 Å². The lowest BCUT2D eigenvalue weighted by Crippen LogP contribution is -2.07. The van der Waals surface area contributed by atoms with Crippen molar-refractivity contribution in [1.82, 2.24) is 15.0 Å². The molecule has 116 valence electrons. The minimum atomic E-state index is 0.444. The number of thiol groups is 1. The van der Waals surface area contributed by atoms with Crippen LogP contribution in [0.4, 0.5) is 0 Å². The Morgan fingerprint density at radius 1 is 1.05 bits per heavy atom. The SMILES string of the molecule is CC(C)CCCCCCCn1nncc1CCC(C)S. The molecule has 20 heavy (non-hydrogen) atoms. The fraction of sp³-hybridized carbons (Fsp3) is 0.875. The molecule has 0 N–H and O–H groups in total. The molecule has 0 aliphatic heterocycles. The van der Waals surface area contributed by atoms with E-state index in [0.717, 1.165) is 25.3 Å². The molecule has 3 nitrogen and oxygen atoms in total. The highest BCUT2D eigenvalue weighted by atomic mass is 32.1. The Balaban J connectivity index is 2.11. The highest BCUT2D eigenvalue weighted by Crippen LogP contribution is 2.12. The largest absolute Gasteiger partial charge is 0.249 e. The Morgan fingerprint density at radius 3 is 2.45 bits per heavy atom. The minimum Gasteiger partial charge on any atom is -0.249 e. The first-order valence-corrected chi connectivity index (χ1v) is 8.66. The van der Waals surface area contributed by atoms with Gasteiger partial charge in [0, 0.05) is 6.54 Å². The second kappa shape index (κ2) is 10.3. The molecule has 1 heterocycles. The zero-order chi connectivity index (χ0) is 14.8. The summed E-state index contributed by atoms with van der Waals surface area (Å²) in [6.45, 7) is 7.75. The van der Waals surface area contributed by atoms with Gasteiger partial charge in [-0.2, -0.15) is 12.6 Å². The van der Waals surface area contributed by atoms with Crippen molar-refractivity contribution in [2.75, 3.05) is 0 Å². The normalized spacial score (nSPS) is 13.1. The molecule has 0 spiro atoms. The van der Waals surface area contributed by atoms with Crippen LogP contribution in [-0.4, -0.2) is 20.2 Å². The lowest BCUT2D eigenvalue weighted by Gasteiger charge is -2.08. The van der Waals surface area contributed by atoms with Gasteiger partial charge in [0.25, 0.3) is 0 Å². The van der Waals surface area contributed by atoms with Gasteiger partial charge >= 0.3 is 0 Å². The molecule has 1 atom stereocenters. The maximum atomic E-state index is 4.43. The van der Waals surface area contributed by atoms with Crippen molar-refractivity contribution in [3.8, 4) is 0 Å². The predicted molar refractivity (Wildman–Crippen MR) is 89.3 cm³/mol. The van der Waals surface area contributed by atoms with Gasteiger partial charge in [-0.3, -0.25) is 0 Å². The van der Waals surface area contributed by atoms with E-state index >= 15 is 0 Å². The van der Waals surface area contributed by atoms with Crippen LogP contribution in [0.1, 0.15) is 71.4 Å². The second-order valence-electron chi connectivity index (χ2n) is 6.29. The van der Waals surface area contributed by atoms with Gasteiger partial charge in [0.2, 0.25) is 0 Å². The molecule has 4 heteroatoms. The third kappa shape index (κ3) is 7.93. The van der Waals surface area contributed by atoms with E-state index in [9.17, 15) is 0 Å². The lowest BCUT2D eigenvalue weighted by molar-refractivity contribution is 0.482. The fourth-order valence-electron chi connectivity index (χ4n) is 2.36. The van der Waals surface area contributed by atoms with Crippen molar-refractivity contribution in [2.45, 2.75) is 83.9 Å². The first-order valence-electron chi connectivity index (χ1n) is 8.15. The van der Waals surface area contributed by atoms with Crippen LogP contribution in [0.3, 0.4) is 0 Å². The molecule has 0 fully saturated rings. The van der Waals surface area contributed by atoms with Crippen LogP contribution in [0, 0.1) is 5.92 Å². The lowest BCUT2D eigenvalue weighted by atomic mass is 10.0. The zero-order valence-corrected chi connectivity index (χ0v) is 14.3. The topological polar surface area (TPSA) is 30.7 Å². The summed E-state index contributed by atoms with van der Waals surface area (Å²) in [5, 5.41) is 8.67. The van der Waals surface area contributed by atoms with Crippen LogP contribution in [0.5, 0.6) is 0 Å². The molecule has 0 aliphatic carbocycles. The molecule has 0 amide bonds. The fourth-order valence-corrected chi connectivity index (χ4v) is 2.49. The smallest absolute Gasteiger partial charge is 0.0725 e. The number of aryl methyl sites for hydroxylation is 2. The zero-order valence-electron chi connectivity index (χ0n) is 13.4. The van der Waals surface area contributed by atoms with E-state index in [0.29, 0.717) is 5.25 Å². The third-order valence-electron chi connectivity index (χ3n) is 3.67. The molecule has 0 radical (unpaired) electrons. The summed E-state index contributed by atoms with van der Waals surface area (Å²) >= 11 is 4.43. The van der Waals surface area contributed by atoms with Crippen molar-refractivity contribution in [3.63, 3.8) is 0 Å². The van der Waals surface area contributed by atoms with E-state index in [4.69, 9.17) is 0 Å². The van der Waals surface area contributed by atoms with Gasteiger partial charge in [-0.25, -0.2) is 4.68 Å². The molecule has 1 aromatic rings. The Morgan fingerprint density at radius 2 is 1.75 bits per heavy atom. The Bertz CT molecular complexity index is 347. The van der Waals surface area contributed by atoms with Crippen LogP contribution in [0.25, 0.3) is 0 Å².